The van der Waals surface area contributed by atoms with E-state index in [2.05, 4.69) is 4.98 Å². The predicted octanol–water partition coefficient (Wildman–Crippen LogP) is 1.17. The predicted molar refractivity (Wildman–Crippen MR) is 107 cm³/mol. The van der Waals surface area contributed by atoms with Gasteiger partial charge in [-0.05, 0) is 47.2 Å². The van der Waals surface area contributed by atoms with Crippen LogP contribution >= 0.6 is 0 Å². The summed E-state index contributed by atoms with van der Waals surface area (Å²) in [5.74, 6) is -0.632. The van der Waals surface area contributed by atoms with E-state index in [1.165, 1.54) is 18.3 Å². The van der Waals surface area contributed by atoms with Gasteiger partial charge in [-0.3, -0.25) is 19.0 Å². The fourth-order valence-electron chi connectivity index (χ4n) is 3.07. The van der Waals surface area contributed by atoms with Gasteiger partial charge in [0, 0.05) is 36.5 Å². The van der Waals surface area contributed by atoms with E-state index in [9.17, 15) is 22.8 Å². The standard InChI is InChI=1S/C19H19N3O5S/c1-28(26,27)19(7-5-16(20)23)22-9-8-13(11-18(22)25)12-2-4-15-14(10-12)3-6-17(24)21-15/h2-4,6,8-11,19H,5,7H2,1H3,(H2,20,23)(H,21,24). The Morgan fingerprint density at radius 1 is 1.11 bits per heavy atom. The topological polar surface area (TPSA) is 132 Å². The van der Waals surface area contributed by atoms with E-state index in [1.807, 2.05) is 6.07 Å². The highest BCUT2D eigenvalue weighted by Crippen LogP contribution is 2.24. The van der Waals surface area contributed by atoms with E-state index < -0.39 is 26.7 Å². The lowest BCUT2D eigenvalue weighted by atomic mass is 10.0. The summed E-state index contributed by atoms with van der Waals surface area (Å²) in [5, 5.41) is -0.361. The first kappa shape index (κ1) is 19.6. The number of hydrogen-bond acceptors (Lipinski definition) is 5. The Balaban J connectivity index is 2.01. The number of carbonyl (C=O) groups excluding carboxylic acids is 1. The third kappa shape index (κ3) is 4.20. The minimum absolute atomic E-state index is 0.0727. The van der Waals surface area contributed by atoms with Crippen molar-refractivity contribution in [2.45, 2.75) is 18.2 Å². The van der Waals surface area contributed by atoms with Crippen LogP contribution in [0, 0.1) is 0 Å². The van der Waals surface area contributed by atoms with Gasteiger partial charge in [0.25, 0.3) is 5.56 Å². The molecule has 0 spiro atoms. The van der Waals surface area contributed by atoms with Gasteiger partial charge in [0.2, 0.25) is 11.5 Å². The third-order valence-electron chi connectivity index (χ3n) is 4.45. The van der Waals surface area contributed by atoms with Crippen LogP contribution in [0.15, 0.2) is 58.3 Å². The lowest BCUT2D eigenvalue weighted by Crippen LogP contribution is -2.29. The van der Waals surface area contributed by atoms with Crippen LogP contribution in [0.2, 0.25) is 0 Å². The maximum atomic E-state index is 12.6. The van der Waals surface area contributed by atoms with Crippen molar-refractivity contribution in [1.82, 2.24) is 9.55 Å². The zero-order valence-electron chi connectivity index (χ0n) is 15.1. The van der Waals surface area contributed by atoms with Crippen molar-refractivity contribution < 1.29 is 13.2 Å². The van der Waals surface area contributed by atoms with Gasteiger partial charge in [0.1, 0.15) is 5.37 Å². The molecule has 2 heterocycles. The van der Waals surface area contributed by atoms with Crippen molar-refractivity contribution >= 4 is 26.6 Å². The molecule has 0 aliphatic heterocycles. The Kier molecular flexibility index (Phi) is 5.19. The van der Waals surface area contributed by atoms with Crippen molar-refractivity contribution in [2.24, 2.45) is 5.73 Å². The molecule has 0 radical (unpaired) electrons. The third-order valence-corrected chi connectivity index (χ3v) is 5.90. The summed E-state index contributed by atoms with van der Waals surface area (Å²) in [6.07, 6.45) is 2.20. The summed E-state index contributed by atoms with van der Waals surface area (Å²) >= 11 is 0. The molecule has 9 heteroatoms. The van der Waals surface area contributed by atoms with Crippen LogP contribution in [0.5, 0.6) is 0 Å². The van der Waals surface area contributed by atoms with Gasteiger partial charge in [0.05, 0.1) is 0 Å². The second-order valence-corrected chi connectivity index (χ2v) is 8.78. The van der Waals surface area contributed by atoms with Crippen LogP contribution in [0.4, 0.5) is 0 Å². The minimum atomic E-state index is -3.63. The Morgan fingerprint density at radius 2 is 1.82 bits per heavy atom. The Hall–Kier alpha value is -3.20. The number of aromatic amines is 1. The number of fused-ring (bicyclic) bond motifs is 1. The molecule has 2 aromatic heterocycles. The van der Waals surface area contributed by atoms with E-state index >= 15 is 0 Å². The average Bonchev–Trinajstić information content (AvgIpc) is 2.61. The number of carbonyl (C=O) groups is 1. The van der Waals surface area contributed by atoms with Crippen molar-refractivity contribution in [2.75, 3.05) is 6.26 Å². The van der Waals surface area contributed by atoms with Crippen molar-refractivity contribution in [1.29, 1.82) is 0 Å². The summed E-state index contributed by atoms with van der Waals surface area (Å²) in [4.78, 5) is 37.7. The lowest BCUT2D eigenvalue weighted by Gasteiger charge is -2.18. The number of nitrogens with zero attached hydrogens (tertiary/aromatic N) is 1. The fraction of sp³-hybridized carbons (Fsp3) is 0.211. The maximum Gasteiger partial charge on any atom is 0.252 e. The monoisotopic (exact) mass is 401 g/mol. The molecule has 0 saturated carbocycles. The van der Waals surface area contributed by atoms with E-state index in [0.29, 0.717) is 11.1 Å². The molecule has 0 fully saturated rings. The number of benzene rings is 1. The molecule has 0 saturated heterocycles. The number of rotatable bonds is 6. The molecule has 1 atom stereocenters. The van der Waals surface area contributed by atoms with Gasteiger partial charge < -0.3 is 10.7 Å². The summed E-state index contributed by atoms with van der Waals surface area (Å²) in [7, 11) is -3.63. The number of pyridine rings is 2. The maximum absolute atomic E-state index is 12.6. The number of nitrogens with one attached hydrogen (secondary N) is 1. The first-order chi connectivity index (χ1) is 13.1. The van der Waals surface area contributed by atoms with Gasteiger partial charge in [-0.25, -0.2) is 8.42 Å². The Labute approximate surface area is 160 Å². The molecule has 1 amide bonds. The SMILES string of the molecule is CS(=O)(=O)C(CCC(N)=O)n1ccc(-c2ccc3[nH]c(=O)ccc3c2)cc1=O. The first-order valence-electron chi connectivity index (χ1n) is 8.48. The van der Waals surface area contributed by atoms with Crippen LogP contribution < -0.4 is 16.9 Å². The second kappa shape index (κ2) is 7.43. The zero-order valence-corrected chi connectivity index (χ0v) is 15.9. The highest BCUT2D eigenvalue weighted by molar-refractivity contribution is 7.90. The normalized spacial score (nSPS) is 12.8. The summed E-state index contributed by atoms with van der Waals surface area (Å²) in [6, 6.07) is 11.4. The fourth-order valence-corrected chi connectivity index (χ4v) is 4.20. The van der Waals surface area contributed by atoms with E-state index in [-0.39, 0.29) is 18.4 Å². The molecular formula is C19H19N3O5S. The highest BCUT2D eigenvalue weighted by Gasteiger charge is 2.24. The number of nitrogens with two attached hydrogens (primary N) is 1. The van der Waals surface area contributed by atoms with E-state index in [0.717, 1.165) is 21.8 Å². The molecule has 0 bridgehead atoms. The highest BCUT2D eigenvalue weighted by atomic mass is 32.2. The Bertz CT molecular complexity index is 1270. The molecule has 146 valence electrons. The van der Waals surface area contributed by atoms with E-state index in [1.54, 1.807) is 24.3 Å². The molecule has 3 rings (SSSR count). The molecular weight excluding hydrogens is 382 g/mol. The molecule has 3 N–H and O–H groups in total. The zero-order chi connectivity index (χ0) is 20.5. The molecule has 28 heavy (non-hydrogen) atoms. The largest absolute Gasteiger partial charge is 0.370 e. The van der Waals surface area contributed by atoms with Crippen LogP contribution in [-0.2, 0) is 14.6 Å². The van der Waals surface area contributed by atoms with Crippen LogP contribution in [0.3, 0.4) is 0 Å². The molecule has 1 unspecified atom stereocenters. The van der Waals surface area contributed by atoms with Gasteiger partial charge in [-0.15, -0.1) is 0 Å². The van der Waals surface area contributed by atoms with Crippen molar-refractivity contribution in [3.8, 4) is 11.1 Å². The number of primary amides is 1. The summed E-state index contributed by atoms with van der Waals surface area (Å²) < 4.78 is 25.3. The van der Waals surface area contributed by atoms with Gasteiger partial charge >= 0.3 is 0 Å². The number of amides is 1. The summed E-state index contributed by atoms with van der Waals surface area (Å²) in [5.41, 5.74) is 6.44. The van der Waals surface area contributed by atoms with Crippen molar-refractivity contribution in [3.63, 3.8) is 0 Å². The molecule has 8 nitrogen and oxygen atoms in total. The smallest absolute Gasteiger partial charge is 0.252 e. The average molecular weight is 401 g/mol. The van der Waals surface area contributed by atoms with Gasteiger partial charge in [-0.1, -0.05) is 6.07 Å². The van der Waals surface area contributed by atoms with Crippen LogP contribution in [-0.4, -0.2) is 30.1 Å². The number of hydrogen-bond donors (Lipinski definition) is 2. The molecule has 0 aliphatic rings. The van der Waals surface area contributed by atoms with Gasteiger partial charge in [-0.2, -0.15) is 0 Å². The van der Waals surface area contributed by atoms with E-state index in [4.69, 9.17) is 5.73 Å². The van der Waals surface area contributed by atoms with Crippen molar-refractivity contribution in [3.05, 3.63) is 69.4 Å². The number of H-pyrrole nitrogens is 1. The molecule has 3 aromatic rings. The van der Waals surface area contributed by atoms with Crippen LogP contribution in [0.25, 0.3) is 22.0 Å². The number of aromatic nitrogens is 2. The molecule has 0 aliphatic carbocycles. The molecule has 1 aromatic carbocycles. The quantitative estimate of drug-likeness (QED) is 0.640. The minimum Gasteiger partial charge on any atom is -0.370 e. The summed E-state index contributed by atoms with van der Waals surface area (Å²) in [6.45, 7) is 0. The second-order valence-electron chi connectivity index (χ2n) is 6.57. The Morgan fingerprint density at radius 3 is 2.46 bits per heavy atom. The number of sulfone groups is 1. The first-order valence-corrected chi connectivity index (χ1v) is 10.4. The van der Waals surface area contributed by atoms with Gasteiger partial charge in [0.15, 0.2) is 9.84 Å². The lowest BCUT2D eigenvalue weighted by molar-refractivity contribution is -0.118. The van der Waals surface area contributed by atoms with Crippen LogP contribution in [0.1, 0.15) is 18.2 Å².